The molecule has 0 bridgehead atoms. The van der Waals surface area contributed by atoms with Crippen molar-refractivity contribution in [3.63, 3.8) is 0 Å². The molecule has 1 amide bonds. The van der Waals surface area contributed by atoms with Gasteiger partial charge in [0.25, 0.3) is 0 Å². The minimum atomic E-state index is -0.423. The van der Waals surface area contributed by atoms with E-state index in [0.29, 0.717) is 13.0 Å². The van der Waals surface area contributed by atoms with E-state index in [2.05, 4.69) is 5.32 Å². The molecule has 0 rings (SSSR count). The Bertz CT molecular complexity index is 167. The fraction of sp³-hybridized carbons (Fsp3) is 0.889. The summed E-state index contributed by atoms with van der Waals surface area (Å²) in [5.74, 6) is 0.857. The van der Waals surface area contributed by atoms with Crippen molar-refractivity contribution >= 4 is 17.7 Å². The van der Waals surface area contributed by atoms with Crippen LogP contribution in [0.25, 0.3) is 0 Å². The standard InChI is InChI=1S/C9H20N2O2S/c1-7(6-12)5-11-9(13)8(10)3-4-14-2/h7-8,12H,3-6,10H2,1-2H3,(H,11,13)/t7?,8-/m1/s1. The SMILES string of the molecule is CSCC[C@@H](N)C(=O)NCC(C)CO. The summed E-state index contributed by atoms with van der Waals surface area (Å²) in [5, 5.41) is 11.5. The maximum atomic E-state index is 11.3. The Morgan fingerprint density at radius 1 is 1.64 bits per heavy atom. The number of aliphatic hydroxyl groups is 1. The van der Waals surface area contributed by atoms with Gasteiger partial charge in [0.1, 0.15) is 0 Å². The van der Waals surface area contributed by atoms with E-state index in [1.807, 2.05) is 13.2 Å². The summed E-state index contributed by atoms with van der Waals surface area (Å²) in [4.78, 5) is 11.3. The van der Waals surface area contributed by atoms with Crippen LogP contribution in [-0.4, -0.2) is 42.2 Å². The van der Waals surface area contributed by atoms with Crippen LogP contribution in [0.2, 0.25) is 0 Å². The average Bonchev–Trinajstić information content (AvgIpc) is 2.21. The smallest absolute Gasteiger partial charge is 0.236 e. The van der Waals surface area contributed by atoms with Crippen molar-refractivity contribution in [3.8, 4) is 0 Å². The van der Waals surface area contributed by atoms with Gasteiger partial charge in [0.05, 0.1) is 6.04 Å². The first-order valence-electron chi connectivity index (χ1n) is 4.74. The number of nitrogens with two attached hydrogens (primary N) is 1. The van der Waals surface area contributed by atoms with E-state index in [1.165, 1.54) is 0 Å². The zero-order chi connectivity index (χ0) is 11.0. The number of thioether (sulfide) groups is 1. The Morgan fingerprint density at radius 2 is 2.29 bits per heavy atom. The molecule has 0 aromatic heterocycles. The molecule has 0 aromatic rings. The van der Waals surface area contributed by atoms with Crippen LogP contribution in [0.1, 0.15) is 13.3 Å². The van der Waals surface area contributed by atoms with Crippen LogP contribution in [0.5, 0.6) is 0 Å². The number of hydrogen-bond acceptors (Lipinski definition) is 4. The van der Waals surface area contributed by atoms with Crippen molar-refractivity contribution in [1.29, 1.82) is 0 Å². The summed E-state index contributed by atoms with van der Waals surface area (Å²) in [5.41, 5.74) is 5.64. The fourth-order valence-electron chi connectivity index (χ4n) is 0.846. The zero-order valence-corrected chi connectivity index (χ0v) is 9.64. The van der Waals surface area contributed by atoms with E-state index in [0.717, 1.165) is 5.75 Å². The Hall–Kier alpha value is -0.260. The molecule has 5 heteroatoms. The Kier molecular flexibility index (Phi) is 7.93. The molecule has 2 atom stereocenters. The van der Waals surface area contributed by atoms with E-state index in [1.54, 1.807) is 11.8 Å². The minimum absolute atomic E-state index is 0.0837. The van der Waals surface area contributed by atoms with Gasteiger partial charge >= 0.3 is 0 Å². The van der Waals surface area contributed by atoms with Crippen molar-refractivity contribution in [1.82, 2.24) is 5.32 Å². The van der Waals surface area contributed by atoms with Gasteiger partial charge in [-0.2, -0.15) is 11.8 Å². The average molecular weight is 220 g/mol. The molecule has 0 fully saturated rings. The molecule has 0 aliphatic rings. The van der Waals surface area contributed by atoms with Crippen LogP contribution in [0, 0.1) is 5.92 Å². The number of carbonyl (C=O) groups excluding carboxylic acids is 1. The van der Waals surface area contributed by atoms with Gasteiger partial charge in [0.15, 0.2) is 0 Å². The second-order valence-corrected chi connectivity index (χ2v) is 4.41. The minimum Gasteiger partial charge on any atom is -0.396 e. The summed E-state index contributed by atoms with van der Waals surface area (Å²) in [6.45, 7) is 2.44. The summed E-state index contributed by atoms with van der Waals surface area (Å²) < 4.78 is 0. The van der Waals surface area contributed by atoms with Crippen molar-refractivity contribution < 1.29 is 9.90 Å². The maximum absolute atomic E-state index is 11.3. The lowest BCUT2D eigenvalue weighted by Crippen LogP contribution is -2.42. The third kappa shape index (κ3) is 6.23. The summed E-state index contributed by atoms with van der Waals surface area (Å²) >= 11 is 1.68. The van der Waals surface area contributed by atoms with Gasteiger partial charge in [0, 0.05) is 13.2 Å². The van der Waals surface area contributed by atoms with Gasteiger partial charge in [-0.05, 0) is 24.3 Å². The first-order valence-corrected chi connectivity index (χ1v) is 6.14. The Balaban J connectivity index is 3.61. The van der Waals surface area contributed by atoms with Crippen LogP contribution in [0.4, 0.5) is 0 Å². The van der Waals surface area contributed by atoms with E-state index in [-0.39, 0.29) is 18.4 Å². The molecule has 0 saturated carbocycles. The van der Waals surface area contributed by atoms with Crippen molar-refractivity contribution in [3.05, 3.63) is 0 Å². The van der Waals surface area contributed by atoms with Crippen LogP contribution in [0.3, 0.4) is 0 Å². The number of nitrogens with one attached hydrogen (secondary N) is 1. The molecule has 0 aliphatic carbocycles. The normalized spacial score (nSPS) is 14.9. The van der Waals surface area contributed by atoms with Gasteiger partial charge in [-0.15, -0.1) is 0 Å². The molecule has 1 unspecified atom stereocenters. The Labute approximate surface area is 89.6 Å². The van der Waals surface area contributed by atoms with Gasteiger partial charge in [-0.3, -0.25) is 4.79 Å². The quantitative estimate of drug-likeness (QED) is 0.556. The molecule has 0 aromatic carbocycles. The number of rotatable bonds is 7. The first kappa shape index (κ1) is 13.7. The van der Waals surface area contributed by atoms with Gasteiger partial charge in [-0.1, -0.05) is 6.92 Å². The second kappa shape index (κ2) is 8.08. The molecule has 0 aliphatic heterocycles. The third-order valence-corrected chi connectivity index (χ3v) is 2.55. The number of amides is 1. The van der Waals surface area contributed by atoms with Crippen LogP contribution in [-0.2, 0) is 4.79 Å². The highest BCUT2D eigenvalue weighted by atomic mass is 32.2. The largest absolute Gasteiger partial charge is 0.396 e. The van der Waals surface area contributed by atoms with E-state index in [4.69, 9.17) is 10.8 Å². The fourth-order valence-corrected chi connectivity index (χ4v) is 1.34. The highest BCUT2D eigenvalue weighted by Gasteiger charge is 2.12. The molecule has 0 radical (unpaired) electrons. The van der Waals surface area contributed by atoms with Crippen molar-refractivity contribution in [2.45, 2.75) is 19.4 Å². The lowest BCUT2D eigenvalue weighted by atomic mass is 10.2. The molecule has 0 saturated heterocycles. The molecule has 84 valence electrons. The molecule has 14 heavy (non-hydrogen) atoms. The van der Waals surface area contributed by atoms with E-state index >= 15 is 0 Å². The maximum Gasteiger partial charge on any atom is 0.236 e. The van der Waals surface area contributed by atoms with Crippen LogP contribution in [0.15, 0.2) is 0 Å². The van der Waals surface area contributed by atoms with E-state index < -0.39 is 6.04 Å². The lowest BCUT2D eigenvalue weighted by molar-refractivity contribution is -0.122. The Morgan fingerprint density at radius 3 is 2.79 bits per heavy atom. The van der Waals surface area contributed by atoms with Crippen LogP contribution >= 0.6 is 11.8 Å². The zero-order valence-electron chi connectivity index (χ0n) is 8.82. The monoisotopic (exact) mass is 220 g/mol. The molecule has 0 heterocycles. The summed E-state index contributed by atoms with van der Waals surface area (Å²) in [7, 11) is 0. The molecule has 0 spiro atoms. The molecule has 4 N–H and O–H groups in total. The van der Waals surface area contributed by atoms with Gasteiger partial charge < -0.3 is 16.2 Å². The molecular weight excluding hydrogens is 200 g/mol. The highest BCUT2D eigenvalue weighted by Crippen LogP contribution is 1.99. The van der Waals surface area contributed by atoms with Gasteiger partial charge in [0.2, 0.25) is 5.91 Å². The van der Waals surface area contributed by atoms with Crippen LogP contribution < -0.4 is 11.1 Å². The number of hydrogen-bond donors (Lipinski definition) is 3. The number of carbonyl (C=O) groups is 1. The van der Waals surface area contributed by atoms with Crippen molar-refractivity contribution in [2.75, 3.05) is 25.2 Å². The highest BCUT2D eigenvalue weighted by molar-refractivity contribution is 7.98. The first-order chi connectivity index (χ1) is 6.61. The predicted octanol–water partition coefficient (Wildman–Crippen LogP) is -0.189. The predicted molar refractivity (Wildman–Crippen MR) is 60.2 cm³/mol. The molecular formula is C9H20N2O2S. The third-order valence-electron chi connectivity index (χ3n) is 1.91. The molecule has 4 nitrogen and oxygen atoms in total. The summed E-state index contributed by atoms with van der Waals surface area (Å²) in [6.07, 6.45) is 2.68. The second-order valence-electron chi connectivity index (χ2n) is 3.42. The topological polar surface area (TPSA) is 75.4 Å². The summed E-state index contributed by atoms with van der Waals surface area (Å²) in [6, 6.07) is -0.423. The van der Waals surface area contributed by atoms with E-state index in [9.17, 15) is 4.79 Å². The number of aliphatic hydroxyl groups excluding tert-OH is 1. The van der Waals surface area contributed by atoms with Gasteiger partial charge in [-0.25, -0.2) is 0 Å². The lowest BCUT2D eigenvalue weighted by Gasteiger charge is -2.13. The van der Waals surface area contributed by atoms with Crippen molar-refractivity contribution in [2.24, 2.45) is 11.7 Å².